The molecule has 0 spiro atoms. The zero-order chi connectivity index (χ0) is 21.8. The predicted molar refractivity (Wildman–Crippen MR) is 120 cm³/mol. The van der Waals surface area contributed by atoms with E-state index in [1.165, 1.54) is 6.07 Å². The van der Waals surface area contributed by atoms with Crippen LogP contribution in [-0.4, -0.2) is 26.4 Å². The van der Waals surface area contributed by atoms with E-state index in [9.17, 15) is 4.39 Å². The van der Waals surface area contributed by atoms with Crippen LogP contribution in [0, 0.1) is 5.82 Å². The van der Waals surface area contributed by atoms with E-state index in [2.05, 4.69) is 12.2 Å². The van der Waals surface area contributed by atoms with Gasteiger partial charge in [-0.2, -0.15) is 0 Å². The van der Waals surface area contributed by atoms with E-state index in [1.54, 1.807) is 18.2 Å². The molecule has 2 aromatic rings. The zero-order valence-corrected chi connectivity index (χ0v) is 19.1. The SMILES string of the molecule is CCCCOCCCNCc1cc(OCC)c(OCc2c(F)cccc2Cl)cc1Cl. The van der Waals surface area contributed by atoms with Gasteiger partial charge in [0.25, 0.3) is 0 Å². The second-order valence-electron chi connectivity index (χ2n) is 6.81. The molecule has 7 heteroatoms. The van der Waals surface area contributed by atoms with E-state index in [1.807, 2.05) is 13.0 Å². The van der Waals surface area contributed by atoms with Crippen molar-refractivity contribution in [3.05, 3.63) is 57.3 Å². The van der Waals surface area contributed by atoms with Gasteiger partial charge in [0.15, 0.2) is 11.5 Å². The summed E-state index contributed by atoms with van der Waals surface area (Å²) in [5, 5.41) is 4.24. The third kappa shape index (κ3) is 7.95. The Morgan fingerprint density at radius 2 is 1.73 bits per heavy atom. The van der Waals surface area contributed by atoms with Crippen molar-refractivity contribution >= 4 is 23.2 Å². The molecule has 4 nitrogen and oxygen atoms in total. The van der Waals surface area contributed by atoms with Gasteiger partial charge in [0, 0.05) is 36.4 Å². The zero-order valence-electron chi connectivity index (χ0n) is 17.6. The highest BCUT2D eigenvalue weighted by Gasteiger charge is 2.14. The lowest BCUT2D eigenvalue weighted by atomic mass is 10.2. The first-order chi connectivity index (χ1) is 14.6. The van der Waals surface area contributed by atoms with Crippen molar-refractivity contribution < 1.29 is 18.6 Å². The summed E-state index contributed by atoms with van der Waals surface area (Å²) in [6.45, 7) is 7.50. The van der Waals surface area contributed by atoms with E-state index in [-0.39, 0.29) is 6.61 Å². The molecular weight excluding hydrogens is 428 g/mol. The van der Waals surface area contributed by atoms with Gasteiger partial charge in [-0.15, -0.1) is 0 Å². The molecule has 0 aromatic heterocycles. The molecule has 0 bridgehead atoms. The number of hydrogen-bond acceptors (Lipinski definition) is 4. The minimum absolute atomic E-state index is 0.0163. The van der Waals surface area contributed by atoms with Crippen molar-refractivity contribution in [2.24, 2.45) is 0 Å². The fourth-order valence-corrected chi connectivity index (χ4v) is 3.22. The molecular formula is C23H30Cl2FNO3. The van der Waals surface area contributed by atoms with E-state index in [0.29, 0.717) is 40.3 Å². The Balaban J connectivity index is 1.94. The van der Waals surface area contributed by atoms with E-state index < -0.39 is 5.82 Å². The molecule has 0 saturated heterocycles. The summed E-state index contributed by atoms with van der Waals surface area (Å²) in [4.78, 5) is 0. The number of rotatable bonds is 14. The Kier molecular flexibility index (Phi) is 11.3. The molecule has 0 heterocycles. The van der Waals surface area contributed by atoms with Gasteiger partial charge in [-0.3, -0.25) is 0 Å². The number of halogens is 3. The first-order valence-electron chi connectivity index (χ1n) is 10.4. The standard InChI is InChI=1S/C23H30Cl2FNO3/c1-3-5-11-28-12-7-10-27-15-17-13-22(29-4-2)23(14-20(17)25)30-16-18-19(24)8-6-9-21(18)26/h6,8-9,13-14,27H,3-5,7,10-12,15-16H2,1-2H3. The van der Waals surface area contributed by atoms with Crippen molar-refractivity contribution in [2.45, 2.75) is 46.3 Å². The molecule has 1 N–H and O–H groups in total. The summed E-state index contributed by atoms with van der Waals surface area (Å²) < 4.78 is 31.1. The second kappa shape index (κ2) is 13.7. The van der Waals surface area contributed by atoms with Gasteiger partial charge in [0.2, 0.25) is 0 Å². The summed E-state index contributed by atoms with van der Waals surface area (Å²) in [6, 6.07) is 8.10. The van der Waals surface area contributed by atoms with Gasteiger partial charge in [-0.1, -0.05) is 42.6 Å². The highest BCUT2D eigenvalue weighted by atomic mass is 35.5. The lowest BCUT2D eigenvalue weighted by Gasteiger charge is -2.16. The summed E-state index contributed by atoms with van der Waals surface area (Å²) in [5.74, 6) is 0.606. The third-order valence-electron chi connectivity index (χ3n) is 4.45. The Morgan fingerprint density at radius 3 is 2.47 bits per heavy atom. The molecule has 2 rings (SSSR count). The van der Waals surface area contributed by atoms with Gasteiger partial charge in [0.05, 0.1) is 11.6 Å². The van der Waals surface area contributed by atoms with Crippen LogP contribution in [0.1, 0.15) is 44.2 Å². The normalized spacial score (nSPS) is 11.0. The number of benzene rings is 2. The predicted octanol–water partition coefficient (Wildman–Crippen LogP) is 6.41. The fraction of sp³-hybridized carbons (Fsp3) is 0.478. The van der Waals surface area contributed by atoms with Crippen molar-refractivity contribution in [2.75, 3.05) is 26.4 Å². The average molecular weight is 458 g/mol. The number of unbranched alkanes of at least 4 members (excludes halogenated alkanes) is 1. The van der Waals surface area contributed by atoms with Crippen LogP contribution in [0.2, 0.25) is 10.0 Å². The van der Waals surface area contributed by atoms with Crippen LogP contribution in [0.15, 0.2) is 30.3 Å². The third-order valence-corrected chi connectivity index (χ3v) is 5.15. The molecule has 0 fully saturated rings. The molecule has 0 unspecified atom stereocenters. The highest BCUT2D eigenvalue weighted by Crippen LogP contribution is 2.35. The second-order valence-corrected chi connectivity index (χ2v) is 7.62. The lowest BCUT2D eigenvalue weighted by Crippen LogP contribution is -2.17. The maximum Gasteiger partial charge on any atom is 0.163 e. The Bertz CT molecular complexity index is 769. The van der Waals surface area contributed by atoms with E-state index in [4.69, 9.17) is 37.4 Å². The molecule has 0 radical (unpaired) electrons. The first-order valence-corrected chi connectivity index (χ1v) is 11.1. The van der Waals surface area contributed by atoms with Crippen molar-refractivity contribution in [1.29, 1.82) is 0 Å². The lowest BCUT2D eigenvalue weighted by molar-refractivity contribution is 0.129. The summed E-state index contributed by atoms with van der Waals surface area (Å²) in [5.41, 5.74) is 1.20. The number of hydrogen-bond donors (Lipinski definition) is 1. The topological polar surface area (TPSA) is 39.7 Å². The van der Waals surface area contributed by atoms with Gasteiger partial charge < -0.3 is 19.5 Å². The van der Waals surface area contributed by atoms with Crippen LogP contribution in [-0.2, 0) is 17.9 Å². The first kappa shape index (κ1) is 24.7. The minimum Gasteiger partial charge on any atom is -0.490 e. The van der Waals surface area contributed by atoms with Crippen LogP contribution in [0.4, 0.5) is 4.39 Å². The monoisotopic (exact) mass is 457 g/mol. The quantitative estimate of drug-likeness (QED) is 0.332. The van der Waals surface area contributed by atoms with Gasteiger partial charge >= 0.3 is 0 Å². The van der Waals surface area contributed by atoms with Gasteiger partial charge in [-0.25, -0.2) is 4.39 Å². The minimum atomic E-state index is -0.411. The van der Waals surface area contributed by atoms with Gasteiger partial charge in [-0.05, 0) is 50.1 Å². The van der Waals surface area contributed by atoms with Crippen LogP contribution in [0.5, 0.6) is 11.5 Å². The Hall–Kier alpha value is -1.53. The number of ether oxygens (including phenoxy) is 3. The summed E-state index contributed by atoms with van der Waals surface area (Å²) >= 11 is 12.5. The average Bonchev–Trinajstić information content (AvgIpc) is 2.72. The largest absolute Gasteiger partial charge is 0.490 e. The number of nitrogens with one attached hydrogen (secondary N) is 1. The maximum atomic E-state index is 14.0. The van der Waals surface area contributed by atoms with Gasteiger partial charge in [0.1, 0.15) is 12.4 Å². The van der Waals surface area contributed by atoms with Crippen LogP contribution in [0.25, 0.3) is 0 Å². The summed E-state index contributed by atoms with van der Waals surface area (Å²) in [7, 11) is 0. The Labute approximate surface area is 188 Å². The highest BCUT2D eigenvalue weighted by molar-refractivity contribution is 6.31. The smallest absolute Gasteiger partial charge is 0.163 e. The van der Waals surface area contributed by atoms with E-state index in [0.717, 1.165) is 44.6 Å². The van der Waals surface area contributed by atoms with Crippen LogP contribution >= 0.6 is 23.2 Å². The van der Waals surface area contributed by atoms with E-state index >= 15 is 0 Å². The van der Waals surface area contributed by atoms with Crippen LogP contribution < -0.4 is 14.8 Å². The maximum absolute atomic E-state index is 14.0. The molecule has 0 aliphatic heterocycles. The molecule has 0 aliphatic rings. The summed E-state index contributed by atoms with van der Waals surface area (Å²) in [6.07, 6.45) is 3.18. The van der Waals surface area contributed by atoms with Crippen molar-refractivity contribution in [3.63, 3.8) is 0 Å². The molecule has 0 atom stereocenters. The van der Waals surface area contributed by atoms with Crippen molar-refractivity contribution in [3.8, 4) is 11.5 Å². The molecule has 0 amide bonds. The molecule has 2 aromatic carbocycles. The Morgan fingerprint density at radius 1 is 0.967 bits per heavy atom. The molecule has 30 heavy (non-hydrogen) atoms. The molecule has 166 valence electrons. The molecule has 0 aliphatic carbocycles. The molecule has 0 saturated carbocycles. The fourth-order valence-electron chi connectivity index (χ4n) is 2.78. The van der Waals surface area contributed by atoms with Crippen LogP contribution in [0.3, 0.4) is 0 Å². The van der Waals surface area contributed by atoms with Crippen molar-refractivity contribution in [1.82, 2.24) is 5.32 Å².